The zero-order valence-electron chi connectivity index (χ0n) is 16.9. The maximum Gasteiger partial charge on any atom is 0.120 e. The van der Waals surface area contributed by atoms with E-state index >= 15 is 0 Å². The van der Waals surface area contributed by atoms with E-state index in [1.165, 1.54) is 47.2 Å². The third-order valence-electron chi connectivity index (χ3n) is 5.60. The van der Waals surface area contributed by atoms with Gasteiger partial charge in [0, 0.05) is 6.54 Å². The zero-order valence-corrected chi connectivity index (χ0v) is 16.9. The Hall–Kier alpha value is -2.58. The van der Waals surface area contributed by atoms with Gasteiger partial charge in [-0.3, -0.25) is 0 Å². The SMILES string of the molecule is CN(C)CC1CCc2cc(OCc3ccc(-c4ccccc4)cc3)ccc2C1. The first-order valence-corrected chi connectivity index (χ1v) is 10.2. The van der Waals surface area contributed by atoms with Crippen molar-refractivity contribution in [3.8, 4) is 16.9 Å². The van der Waals surface area contributed by atoms with Crippen LogP contribution in [0, 0.1) is 5.92 Å². The molecule has 0 spiro atoms. The Bertz CT molecular complexity index is 899. The number of hydrogen-bond donors (Lipinski definition) is 0. The molecule has 0 aromatic heterocycles. The molecule has 0 saturated carbocycles. The molecule has 3 aromatic rings. The van der Waals surface area contributed by atoms with E-state index in [0.717, 1.165) is 18.1 Å². The molecule has 0 N–H and O–H groups in total. The van der Waals surface area contributed by atoms with Crippen molar-refractivity contribution >= 4 is 0 Å². The molecule has 1 aliphatic rings. The highest BCUT2D eigenvalue weighted by Gasteiger charge is 2.19. The number of fused-ring (bicyclic) bond motifs is 1. The molecular formula is C26H29NO. The molecule has 2 heteroatoms. The second kappa shape index (κ2) is 8.62. The predicted octanol–water partition coefficient (Wildman–Crippen LogP) is 5.60. The summed E-state index contributed by atoms with van der Waals surface area (Å²) in [5.74, 6) is 1.76. The van der Waals surface area contributed by atoms with E-state index in [4.69, 9.17) is 4.74 Å². The molecule has 1 unspecified atom stereocenters. The van der Waals surface area contributed by atoms with Gasteiger partial charge in [-0.2, -0.15) is 0 Å². The van der Waals surface area contributed by atoms with Crippen molar-refractivity contribution in [2.24, 2.45) is 5.92 Å². The van der Waals surface area contributed by atoms with Crippen LogP contribution in [0.4, 0.5) is 0 Å². The second-order valence-electron chi connectivity index (χ2n) is 8.15. The monoisotopic (exact) mass is 371 g/mol. The largest absolute Gasteiger partial charge is 0.489 e. The fraction of sp³-hybridized carbons (Fsp3) is 0.308. The van der Waals surface area contributed by atoms with Crippen LogP contribution in [0.25, 0.3) is 11.1 Å². The summed E-state index contributed by atoms with van der Waals surface area (Å²) in [6, 6.07) is 25.8. The summed E-state index contributed by atoms with van der Waals surface area (Å²) in [6.07, 6.45) is 3.63. The number of hydrogen-bond acceptors (Lipinski definition) is 2. The molecule has 1 aliphatic carbocycles. The van der Waals surface area contributed by atoms with E-state index in [1.807, 2.05) is 6.07 Å². The Balaban J connectivity index is 1.37. The lowest BCUT2D eigenvalue weighted by molar-refractivity contribution is 0.297. The standard InChI is InChI=1S/C26H29NO/c1-27(2)18-21-10-13-25-17-26(15-14-24(25)16-21)28-19-20-8-11-23(12-9-20)22-6-4-3-5-7-22/h3-9,11-12,14-15,17,21H,10,13,16,18-19H2,1-2H3. The van der Waals surface area contributed by atoms with Crippen LogP contribution in [0.2, 0.25) is 0 Å². The van der Waals surface area contributed by atoms with Crippen LogP contribution < -0.4 is 4.74 Å². The van der Waals surface area contributed by atoms with Crippen LogP contribution in [0.5, 0.6) is 5.75 Å². The summed E-state index contributed by atoms with van der Waals surface area (Å²) < 4.78 is 6.09. The van der Waals surface area contributed by atoms with Crippen LogP contribution >= 0.6 is 0 Å². The van der Waals surface area contributed by atoms with Crippen molar-refractivity contribution in [1.82, 2.24) is 4.90 Å². The number of aryl methyl sites for hydroxylation is 1. The molecule has 1 atom stereocenters. The van der Waals surface area contributed by atoms with Crippen molar-refractivity contribution in [1.29, 1.82) is 0 Å². The number of rotatable bonds is 6. The van der Waals surface area contributed by atoms with E-state index in [9.17, 15) is 0 Å². The van der Waals surface area contributed by atoms with Gasteiger partial charge in [0.1, 0.15) is 12.4 Å². The lowest BCUT2D eigenvalue weighted by Crippen LogP contribution is -2.26. The van der Waals surface area contributed by atoms with Crippen molar-refractivity contribution < 1.29 is 4.74 Å². The minimum absolute atomic E-state index is 0.608. The van der Waals surface area contributed by atoms with Gasteiger partial charge in [-0.1, -0.05) is 60.7 Å². The fourth-order valence-corrected chi connectivity index (χ4v) is 4.16. The average Bonchev–Trinajstić information content (AvgIpc) is 2.73. The predicted molar refractivity (Wildman–Crippen MR) is 117 cm³/mol. The zero-order chi connectivity index (χ0) is 19.3. The van der Waals surface area contributed by atoms with E-state index in [1.54, 1.807) is 0 Å². The minimum Gasteiger partial charge on any atom is -0.489 e. The van der Waals surface area contributed by atoms with E-state index < -0.39 is 0 Å². The van der Waals surface area contributed by atoms with Crippen molar-refractivity contribution in [3.05, 3.63) is 89.5 Å². The minimum atomic E-state index is 0.608. The van der Waals surface area contributed by atoms with Gasteiger partial charge in [0.2, 0.25) is 0 Å². The van der Waals surface area contributed by atoms with E-state index in [0.29, 0.717) is 6.61 Å². The lowest BCUT2D eigenvalue weighted by Gasteiger charge is -2.27. The number of ether oxygens (including phenoxy) is 1. The summed E-state index contributed by atoms with van der Waals surface area (Å²) in [5.41, 5.74) is 6.65. The van der Waals surface area contributed by atoms with Gasteiger partial charge in [-0.05, 0) is 79.2 Å². The van der Waals surface area contributed by atoms with Gasteiger partial charge in [0.25, 0.3) is 0 Å². The Morgan fingerprint density at radius 3 is 2.36 bits per heavy atom. The second-order valence-corrected chi connectivity index (χ2v) is 8.15. The third kappa shape index (κ3) is 4.63. The molecule has 3 aromatic carbocycles. The Morgan fingerprint density at radius 2 is 1.61 bits per heavy atom. The maximum atomic E-state index is 6.09. The molecule has 2 nitrogen and oxygen atoms in total. The van der Waals surface area contributed by atoms with Gasteiger partial charge in [-0.25, -0.2) is 0 Å². The summed E-state index contributed by atoms with van der Waals surface area (Å²) in [5, 5.41) is 0. The fourth-order valence-electron chi connectivity index (χ4n) is 4.16. The van der Waals surface area contributed by atoms with Crippen molar-refractivity contribution in [3.63, 3.8) is 0 Å². The Labute approximate surface area is 168 Å². The highest BCUT2D eigenvalue weighted by Crippen LogP contribution is 2.29. The van der Waals surface area contributed by atoms with Crippen molar-refractivity contribution in [2.45, 2.75) is 25.9 Å². The quantitative estimate of drug-likeness (QED) is 0.559. The highest BCUT2D eigenvalue weighted by atomic mass is 16.5. The topological polar surface area (TPSA) is 12.5 Å². The molecule has 0 saturated heterocycles. The number of benzene rings is 3. The van der Waals surface area contributed by atoms with Crippen LogP contribution in [0.3, 0.4) is 0 Å². The van der Waals surface area contributed by atoms with Crippen LogP contribution in [-0.2, 0) is 19.4 Å². The van der Waals surface area contributed by atoms with Gasteiger partial charge in [0.15, 0.2) is 0 Å². The molecule has 0 fully saturated rings. The Morgan fingerprint density at radius 1 is 0.857 bits per heavy atom. The van der Waals surface area contributed by atoms with E-state index in [-0.39, 0.29) is 0 Å². The third-order valence-corrected chi connectivity index (χ3v) is 5.60. The molecular weight excluding hydrogens is 342 g/mol. The highest BCUT2D eigenvalue weighted by molar-refractivity contribution is 5.63. The summed E-state index contributed by atoms with van der Waals surface area (Å²) in [4.78, 5) is 2.30. The summed E-state index contributed by atoms with van der Waals surface area (Å²) >= 11 is 0. The average molecular weight is 372 g/mol. The van der Waals surface area contributed by atoms with Gasteiger partial charge >= 0.3 is 0 Å². The molecule has 0 heterocycles. The first-order chi connectivity index (χ1) is 13.7. The molecule has 0 bridgehead atoms. The summed E-state index contributed by atoms with van der Waals surface area (Å²) in [6.45, 7) is 1.79. The molecule has 0 aliphatic heterocycles. The normalized spacial score (nSPS) is 16.0. The first-order valence-electron chi connectivity index (χ1n) is 10.2. The molecule has 0 radical (unpaired) electrons. The molecule has 144 valence electrons. The van der Waals surface area contributed by atoms with Gasteiger partial charge in [0.05, 0.1) is 0 Å². The van der Waals surface area contributed by atoms with Crippen LogP contribution in [-0.4, -0.2) is 25.5 Å². The van der Waals surface area contributed by atoms with E-state index in [2.05, 4.69) is 85.7 Å². The van der Waals surface area contributed by atoms with Gasteiger partial charge < -0.3 is 9.64 Å². The lowest BCUT2D eigenvalue weighted by atomic mass is 9.83. The molecule has 0 amide bonds. The summed E-state index contributed by atoms with van der Waals surface area (Å²) in [7, 11) is 4.33. The van der Waals surface area contributed by atoms with Crippen LogP contribution in [0.1, 0.15) is 23.1 Å². The molecule has 4 rings (SSSR count). The number of nitrogens with zero attached hydrogens (tertiary/aromatic N) is 1. The smallest absolute Gasteiger partial charge is 0.120 e. The first kappa shape index (κ1) is 18.8. The van der Waals surface area contributed by atoms with Crippen LogP contribution in [0.15, 0.2) is 72.8 Å². The molecule has 28 heavy (non-hydrogen) atoms. The van der Waals surface area contributed by atoms with Crippen molar-refractivity contribution in [2.75, 3.05) is 20.6 Å². The maximum absolute atomic E-state index is 6.09. The Kier molecular flexibility index (Phi) is 5.78. The van der Waals surface area contributed by atoms with Gasteiger partial charge in [-0.15, -0.1) is 0 Å².